The molecule has 0 atom stereocenters. The van der Waals surface area contributed by atoms with E-state index in [1.807, 2.05) is 13.8 Å². The van der Waals surface area contributed by atoms with Crippen molar-refractivity contribution in [3.63, 3.8) is 0 Å². The molecular weight excluding hydrogens is 400 g/mol. The minimum atomic E-state index is -3.93. The van der Waals surface area contributed by atoms with Gasteiger partial charge in [0.15, 0.2) is 4.90 Å². The molecule has 1 heterocycles. The van der Waals surface area contributed by atoms with E-state index >= 15 is 0 Å². The molecule has 2 rings (SSSR count). The first-order valence-electron chi connectivity index (χ1n) is 7.16. The Morgan fingerprint density at radius 3 is 2.58 bits per heavy atom. The van der Waals surface area contributed by atoms with Gasteiger partial charge >= 0.3 is 0 Å². The second kappa shape index (κ2) is 7.41. The number of para-hydroxylation sites is 1. The Bertz CT molecular complexity index is 864. The van der Waals surface area contributed by atoms with Crippen molar-refractivity contribution in [3.05, 3.63) is 50.2 Å². The van der Waals surface area contributed by atoms with Gasteiger partial charge in [0.1, 0.15) is 0 Å². The number of sulfonamides is 1. The first-order valence-corrected chi connectivity index (χ1v) is 9.44. The number of aromatic nitrogens is 2. The molecule has 0 spiro atoms. The molecule has 0 aliphatic rings. The molecule has 10 heteroatoms. The monoisotopic (exact) mass is 416 g/mol. The maximum atomic E-state index is 12.2. The fourth-order valence-electron chi connectivity index (χ4n) is 2.24. The zero-order chi connectivity index (χ0) is 17.9. The van der Waals surface area contributed by atoms with Gasteiger partial charge in [-0.15, -0.1) is 0 Å². The highest BCUT2D eigenvalue weighted by Gasteiger charge is 2.24. The number of nitrogens with zero attached hydrogens (tertiary/aromatic N) is 3. The second-order valence-electron chi connectivity index (χ2n) is 5.18. The standard InChI is InChI=1S/C14H17BrN4O4S/c1-10-14(15)11(2)18(17-10)9-5-8-16-24(22,23)13-7-4-3-6-12(13)19(20)21/h3-4,6-7,16H,5,8-9H2,1-2H3. The molecule has 0 fully saturated rings. The van der Waals surface area contributed by atoms with Gasteiger partial charge in [0, 0.05) is 24.8 Å². The van der Waals surface area contributed by atoms with Gasteiger partial charge in [0.2, 0.25) is 10.0 Å². The van der Waals surface area contributed by atoms with Crippen LogP contribution in [-0.4, -0.2) is 29.7 Å². The van der Waals surface area contributed by atoms with E-state index in [2.05, 4.69) is 25.8 Å². The number of hydrogen-bond acceptors (Lipinski definition) is 5. The van der Waals surface area contributed by atoms with Crippen LogP contribution in [0.5, 0.6) is 0 Å². The highest BCUT2D eigenvalue weighted by Crippen LogP contribution is 2.23. The van der Waals surface area contributed by atoms with Crippen LogP contribution in [0.1, 0.15) is 17.8 Å². The lowest BCUT2D eigenvalue weighted by Gasteiger charge is -2.08. The van der Waals surface area contributed by atoms with E-state index in [4.69, 9.17) is 0 Å². The van der Waals surface area contributed by atoms with Gasteiger partial charge in [-0.2, -0.15) is 5.10 Å². The van der Waals surface area contributed by atoms with Crippen LogP contribution in [0.3, 0.4) is 0 Å². The minimum absolute atomic E-state index is 0.157. The Balaban J connectivity index is 2.01. The zero-order valence-electron chi connectivity index (χ0n) is 13.2. The summed E-state index contributed by atoms with van der Waals surface area (Å²) >= 11 is 3.43. The normalized spacial score (nSPS) is 11.6. The van der Waals surface area contributed by atoms with Gasteiger partial charge in [-0.05, 0) is 42.3 Å². The molecule has 0 saturated carbocycles. The predicted octanol–water partition coefficient (Wildman–Crippen LogP) is 2.54. The molecular formula is C14H17BrN4O4S. The number of halogens is 1. The van der Waals surface area contributed by atoms with E-state index < -0.39 is 20.6 Å². The van der Waals surface area contributed by atoms with E-state index in [9.17, 15) is 18.5 Å². The Morgan fingerprint density at radius 2 is 2.00 bits per heavy atom. The third-order valence-corrected chi connectivity index (χ3v) is 6.14. The van der Waals surface area contributed by atoms with Crippen molar-refractivity contribution in [2.45, 2.75) is 31.7 Å². The van der Waals surface area contributed by atoms with Gasteiger partial charge in [-0.1, -0.05) is 12.1 Å². The number of rotatable bonds is 7. The molecule has 0 aliphatic carbocycles. The van der Waals surface area contributed by atoms with Crippen LogP contribution in [0.25, 0.3) is 0 Å². The smallest absolute Gasteiger partial charge is 0.268 e. The predicted molar refractivity (Wildman–Crippen MR) is 92.3 cm³/mol. The molecule has 1 aromatic heterocycles. The summed E-state index contributed by atoms with van der Waals surface area (Å²) in [5.41, 5.74) is 1.40. The molecule has 1 aromatic carbocycles. The van der Waals surface area contributed by atoms with Crippen molar-refractivity contribution in [2.24, 2.45) is 0 Å². The highest BCUT2D eigenvalue weighted by molar-refractivity contribution is 9.10. The largest absolute Gasteiger partial charge is 0.289 e. The Morgan fingerprint density at radius 1 is 1.33 bits per heavy atom. The summed E-state index contributed by atoms with van der Waals surface area (Å²) in [6, 6.07) is 5.27. The summed E-state index contributed by atoms with van der Waals surface area (Å²) in [5.74, 6) is 0. The highest BCUT2D eigenvalue weighted by atomic mass is 79.9. The van der Waals surface area contributed by atoms with Crippen LogP contribution in [0.2, 0.25) is 0 Å². The van der Waals surface area contributed by atoms with E-state index in [0.29, 0.717) is 13.0 Å². The molecule has 0 saturated heterocycles. The molecule has 0 aliphatic heterocycles. The van der Waals surface area contributed by atoms with Gasteiger partial charge in [-0.3, -0.25) is 14.8 Å². The second-order valence-corrected chi connectivity index (χ2v) is 7.71. The SMILES string of the molecule is Cc1nn(CCCNS(=O)(=O)c2ccccc2[N+](=O)[O-])c(C)c1Br. The van der Waals surface area contributed by atoms with Gasteiger partial charge < -0.3 is 0 Å². The summed E-state index contributed by atoms with van der Waals surface area (Å²) in [4.78, 5) is 9.92. The van der Waals surface area contributed by atoms with Crippen LogP contribution in [0, 0.1) is 24.0 Å². The molecule has 0 bridgehead atoms. The van der Waals surface area contributed by atoms with E-state index in [0.717, 1.165) is 15.9 Å². The Labute approximate surface area is 148 Å². The quantitative estimate of drug-likeness (QED) is 0.423. The van der Waals surface area contributed by atoms with E-state index in [1.165, 1.54) is 24.3 Å². The molecule has 0 amide bonds. The number of hydrogen-bond donors (Lipinski definition) is 1. The van der Waals surface area contributed by atoms with Crippen LogP contribution in [0.4, 0.5) is 5.69 Å². The average Bonchev–Trinajstić information content (AvgIpc) is 2.78. The lowest BCUT2D eigenvalue weighted by Crippen LogP contribution is -2.26. The first kappa shape index (κ1) is 18.6. The number of benzene rings is 1. The lowest BCUT2D eigenvalue weighted by molar-refractivity contribution is -0.387. The maximum Gasteiger partial charge on any atom is 0.289 e. The Hall–Kier alpha value is -1.78. The summed E-state index contributed by atoms with van der Waals surface area (Å²) < 4.78 is 29.6. The maximum absolute atomic E-state index is 12.2. The third-order valence-electron chi connectivity index (χ3n) is 3.48. The zero-order valence-corrected chi connectivity index (χ0v) is 15.6. The van der Waals surface area contributed by atoms with E-state index in [-0.39, 0.29) is 11.4 Å². The number of nitro benzene ring substituents is 1. The first-order chi connectivity index (χ1) is 11.2. The summed E-state index contributed by atoms with van der Waals surface area (Å²) in [7, 11) is -3.93. The van der Waals surface area contributed by atoms with Gasteiger partial charge in [0.25, 0.3) is 5.69 Å². The van der Waals surface area contributed by atoms with Gasteiger partial charge in [-0.25, -0.2) is 13.1 Å². The molecule has 0 radical (unpaired) electrons. The topological polar surface area (TPSA) is 107 Å². The molecule has 1 N–H and O–H groups in total. The van der Waals surface area contributed by atoms with E-state index in [1.54, 1.807) is 4.68 Å². The van der Waals surface area contributed by atoms with Crippen molar-refractivity contribution in [2.75, 3.05) is 6.54 Å². The minimum Gasteiger partial charge on any atom is -0.268 e. The van der Waals surface area contributed by atoms with Crippen molar-refractivity contribution < 1.29 is 13.3 Å². The number of nitro groups is 1. The summed E-state index contributed by atoms with van der Waals surface area (Å²) in [6.45, 7) is 4.49. The van der Waals surface area contributed by atoms with Gasteiger partial charge in [0.05, 0.1) is 15.1 Å². The average molecular weight is 417 g/mol. The molecule has 8 nitrogen and oxygen atoms in total. The van der Waals surface area contributed by atoms with Crippen LogP contribution < -0.4 is 4.72 Å². The molecule has 2 aromatic rings. The van der Waals surface area contributed by atoms with Crippen molar-refractivity contribution in [1.82, 2.24) is 14.5 Å². The molecule has 130 valence electrons. The van der Waals surface area contributed by atoms with Crippen LogP contribution in [-0.2, 0) is 16.6 Å². The number of nitrogens with one attached hydrogen (secondary N) is 1. The fourth-order valence-corrected chi connectivity index (χ4v) is 3.77. The summed E-state index contributed by atoms with van der Waals surface area (Å²) in [5, 5.41) is 15.3. The van der Waals surface area contributed by atoms with Crippen molar-refractivity contribution >= 4 is 31.6 Å². The van der Waals surface area contributed by atoms with Crippen molar-refractivity contribution in [3.8, 4) is 0 Å². The Kier molecular flexibility index (Phi) is 5.73. The van der Waals surface area contributed by atoms with Crippen LogP contribution >= 0.6 is 15.9 Å². The fraction of sp³-hybridized carbons (Fsp3) is 0.357. The molecule has 0 unspecified atom stereocenters. The summed E-state index contributed by atoms with van der Waals surface area (Å²) in [6.07, 6.45) is 0.508. The van der Waals surface area contributed by atoms with Crippen molar-refractivity contribution in [1.29, 1.82) is 0 Å². The number of aryl methyl sites for hydroxylation is 2. The van der Waals surface area contributed by atoms with Crippen LogP contribution in [0.15, 0.2) is 33.6 Å². The third kappa shape index (κ3) is 4.00. The lowest BCUT2D eigenvalue weighted by atomic mass is 10.3. The molecule has 24 heavy (non-hydrogen) atoms.